The van der Waals surface area contributed by atoms with E-state index in [1.54, 1.807) is 0 Å². The lowest BCUT2D eigenvalue weighted by Gasteiger charge is -2.14. The highest BCUT2D eigenvalue weighted by Gasteiger charge is 2.15. The second-order valence-corrected chi connectivity index (χ2v) is 5.58. The lowest BCUT2D eigenvalue weighted by Crippen LogP contribution is -2.08. The van der Waals surface area contributed by atoms with Crippen LogP contribution in [0.1, 0.15) is 33.1 Å². The molecule has 0 aliphatic heterocycles. The minimum Gasteiger partial charge on any atom is -0.492 e. The van der Waals surface area contributed by atoms with E-state index in [1.807, 2.05) is 13.8 Å². The van der Waals surface area contributed by atoms with Crippen LogP contribution in [-0.2, 0) is 0 Å². The standard InChI is InChI=1S/C14H17ClN2O3/c1-14(2,10-16)7-3-4-8-20-13-6-5-11(17(18)19)9-12(13)15/h5-6,9H,3-4,7-8H2,1-2H3. The summed E-state index contributed by atoms with van der Waals surface area (Å²) in [6.45, 7) is 4.28. The molecular formula is C14H17ClN2O3. The van der Waals surface area contributed by atoms with Crippen molar-refractivity contribution in [2.45, 2.75) is 33.1 Å². The average Bonchev–Trinajstić information content (AvgIpc) is 2.39. The Balaban J connectivity index is 2.40. The van der Waals surface area contributed by atoms with Crippen molar-refractivity contribution in [1.29, 1.82) is 5.26 Å². The number of nitriles is 1. The van der Waals surface area contributed by atoms with Crippen LogP contribution in [0, 0.1) is 26.9 Å². The number of benzene rings is 1. The van der Waals surface area contributed by atoms with Gasteiger partial charge in [-0.05, 0) is 39.2 Å². The molecule has 0 aromatic heterocycles. The molecule has 20 heavy (non-hydrogen) atoms. The molecule has 6 heteroatoms. The van der Waals surface area contributed by atoms with Crippen molar-refractivity contribution in [3.05, 3.63) is 33.3 Å². The summed E-state index contributed by atoms with van der Waals surface area (Å²) in [5, 5.41) is 19.7. The number of nitro benzene ring substituents is 1. The minimum absolute atomic E-state index is 0.0573. The van der Waals surface area contributed by atoms with Crippen molar-refractivity contribution in [2.75, 3.05) is 6.61 Å². The quantitative estimate of drug-likeness (QED) is 0.426. The zero-order chi connectivity index (χ0) is 15.2. The number of hydrogen-bond donors (Lipinski definition) is 0. The zero-order valence-corrected chi connectivity index (χ0v) is 12.3. The number of nitro groups is 1. The van der Waals surface area contributed by atoms with Gasteiger partial charge in [0.15, 0.2) is 0 Å². The maximum atomic E-state index is 10.6. The smallest absolute Gasteiger partial charge is 0.271 e. The van der Waals surface area contributed by atoms with Gasteiger partial charge in [-0.2, -0.15) is 5.26 Å². The molecule has 0 heterocycles. The van der Waals surface area contributed by atoms with Gasteiger partial charge in [-0.1, -0.05) is 11.6 Å². The highest BCUT2D eigenvalue weighted by molar-refractivity contribution is 6.32. The second kappa shape index (κ2) is 7.11. The van der Waals surface area contributed by atoms with Crippen LogP contribution >= 0.6 is 11.6 Å². The van der Waals surface area contributed by atoms with E-state index < -0.39 is 4.92 Å². The Kier molecular flexibility index (Phi) is 5.78. The average molecular weight is 297 g/mol. The van der Waals surface area contributed by atoms with E-state index in [0.717, 1.165) is 19.3 Å². The Morgan fingerprint density at radius 3 is 2.70 bits per heavy atom. The van der Waals surface area contributed by atoms with E-state index in [0.29, 0.717) is 12.4 Å². The van der Waals surface area contributed by atoms with Gasteiger partial charge in [-0.3, -0.25) is 10.1 Å². The molecule has 0 aliphatic carbocycles. The van der Waals surface area contributed by atoms with Crippen molar-refractivity contribution >= 4 is 17.3 Å². The number of halogens is 1. The first-order valence-corrected chi connectivity index (χ1v) is 6.71. The first-order valence-electron chi connectivity index (χ1n) is 6.34. The van der Waals surface area contributed by atoms with Crippen LogP contribution in [0.2, 0.25) is 5.02 Å². The predicted octanol–water partition coefficient (Wildman–Crippen LogP) is 4.35. The molecule has 0 bridgehead atoms. The molecule has 1 aromatic rings. The molecule has 0 radical (unpaired) electrons. The number of non-ortho nitro benzene ring substituents is 1. The van der Waals surface area contributed by atoms with Crippen molar-refractivity contribution in [1.82, 2.24) is 0 Å². The lowest BCUT2D eigenvalue weighted by atomic mass is 9.89. The monoisotopic (exact) mass is 296 g/mol. The number of unbranched alkanes of at least 4 members (excludes halogenated alkanes) is 1. The highest BCUT2D eigenvalue weighted by atomic mass is 35.5. The van der Waals surface area contributed by atoms with Crippen LogP contribution in [-0.4, -0.2) is 11.5 Å². The molecule has 0 saturated heterocycles. The molecule has 1 aromatic carbocycles. The Hall–Kier alpha value is -1.80. The maximum Gasteiger partial charge on any atom is 0.271 e. The topological polar surface area (TPSA) is 76.2 Å². The van der Waals surface area contributed by atoms with Crippen LogP contribution in [0.15, 0.2) is 18.2 Å². The predicted molar refractivity (Wildman–Crippen MR) is 76.8 cm³/mol. The summed E-state index contributed by atoms with van der Waals surface area (Å²) in [5.41, 5.74) is -0.372. The van der Waals surface area contributed by atoms with Gasteiger partial charge in [0, 0.05) is 12.1 Å². The third-order valence-corrected chi connectivity index (χ3v) is 3.18. The van der Waals surface area contributed by atoms with Crippen LogP contribution in [0.3, 0.4) is 0 Å². The maximum absolute atomic E-state index is 10.6. The van der Waals surface area contributed by atoms with Crippen LogP contribution in [0.4, 0.5) is 5.69 Å². The molecule has 0 amide bonds. The van der Waals surface area contributed by atoms with E-state index >= 15 is 0 Å². The molecule has 0 N–H and O–H groups in total. The van der Waals surface area contributed by atoms with Crippen molar-refractivity contribution in [3.8, 4) is 11.8 Å². The van der Waals surface area contributed by atoms with E-state index in [1.165, 1.54) is 18.2 Å². The van der Waals surface area contributed by atoms with Gasteiger partial charge >= 0.3 is 0 Å². The van der Waals surface area contributed by atoms with E-state index in [2.05, 4.69) is 6.07 Å². The zero-order valence-electron chi connectivity index (χ0n) is 11.6. The third-order valence-electron chi connectivity index (χ3n) is 2.88. The molecule has 0 fully saturated rings. The summed E-state index contributed by atoms with van der Waals surface area (Å²) in [4.78, 5) is 10.1. The van der Waals surface area contributed by atoms with Gasteiger partial charge in [-0.25, -0.2) is 0 Å². The van der Waals surface area contributed by atoms with Crippen LogP contribution < -0.4 is 4.74 Å². The van der Waals surface area contributed by atoms with Gasteiger partial charge in [0.25, 0.3) is 5.69 Å². The Labute approximate surface area is 123 Å². The fourth-order valence-electron chi connectivity index (χ4n) is 1.63. The summed E-state index contributed by atoms with van der Waals surface area (Å²) in [6.07, 6.45) is 2.49. The van der Waals surface area contributed by atoms with E-state index in [4.69, 9.17) is 21.6 Å². The van der Waals surface area contributed by atoms with Gasteiger partial charge in [0.05, 0.1) is 28.0 Å². The molecule has 0 aliphatic rings. The summed E-state index contributed by atoms with van der Waals surface area (Å²) < 4.78 is 5.48. The van der Waals surface area contributed by atoms with Gasteiger partial charge in [0.2, 0.25) is 0 Å². The molecule has 0 unspecified atom stereocenters. The Morgan fingerprint density at radius 1 is 1.45 bits per heavy atom. The molecule has 1 rings (SSSR count). The van der Waals surface area contributed by atoms with Gasteiger partial charge in [-0.15, -0.1) is 0 Å². The Bertz CT molecular complexity index is 524. The molecule has 5 nitrogen and oxygen atoms in total. The van der Waals surface area contributed by atoms with Gasteiger partial charge in [0.1, 0.15) is 5.75 Å². The summed E-state index contributed by atoms with van der Waals surface area (Å²) >= 11 is 5.91. The van der Waals surface area contributed by atoms with Gasteiger partial charge < -0.3 is 4.74 Å². The Morgan fingerprint density at radius 2 is 2.15 bits per heavy atom. The molecule has 0 atom stereocenters. The first kappa shape index (κ1) is 16.3. The number of ether oxygens (including phenoxy) is 1. The summed E-state index contributed by atoms with van der Waals surface area (Å²) in [5.74, 6) is 0.441. The summed E-state index contributed by atoms with van der Waals surface area (Å²) in [6, 6.07) is 6.38. The number of rotatable bonds is 7. The van der Waals surface area contributed by atoms with Crippen LogP contribution in [0.25, 0.3) is 0 Å². The highest BCUT2D eigenvalue weighted by Crippen LogP contribution is 2.29. The molecule has 0 saturated carbocycles. The van der Waals surface area contributed by atoms with E-state index in [9.17, 15) is 10.1 Å². The lowest BCUT2D eigenvalue weighted by molar-refractivity contribution is -0.384. The third kappa shape index (κ3) is 5.06. The fourth-order valence-corrected chi connectivity index (χ4v) is 1.86. The van der Waals surface area contributed by atoms with Crippen molar-refractivity contribution < 1.29 is 9.66 Å². The fraction of sp³-hybridized carbons (Fsp3) is 0.500. The van der Waals surface area contributed by atoms with Crippen LogP contribution in [0.5, 0.6) is 5.75 Å². The largest absolute Gasteiger partial charge is 0.492 e. The first-order chi connectivity index (χ1) is 9.35. The van der Waals surface area contributed by atoms with E-state index in [-0.39, 0.29) is 16.1 Å². The molecule has 108 valence electrons. The molecule has 0 spiro atoms. The summed E-state index contributed by atoms with van der Waals surface area (Å²) in [7, 11) is 0. The minimum atomic E-state index is -0.500. The SMILES string of the molecule is CC(C)(C#N)CCCCOc1ccc([N+](=O)[O-])cc1Cl. The normalized spacial score (nSPS) is 10.9. The second-order valence-electron chi connectivity index (χ2n) is 5.17. The molecular weight excluding hydrogens is 280 g/mol. The van der Waals surface area contributed by atoms with Crippen molar-refractivity contribution in [2.24, 2.45) is 5.41 Å². The number of nitrogens with zero attached hydrogens (tertiary/aromatic N) is 2. The van der Waals surface area contributed by atoms with Crippen molar-refractivity contribution in [3.63, 3.8) is 0 Å². The number of hydrogen-bond acceptors (Lipinski definition) is 4.